The predicted molar refractivity (Wildman–Crippen MR) is 61.5 cm³/mol. The van der Waals surface area contributed by atoms with E-state index < -0.39 is 15.6 Å². The van der Waals surface area contributed by atoms with Crippen molar-refractivity contribution >= 4 is 27.6 Å². The Kier molecular flexibility index (Phi) is 8.77. The molecule has 108 valence electrons. The van der Waals surface area contributed by atoms with Gasteiger partial charge in [0.2, 0.25) is 0 Å². The van der Waals surface area contributed by atoms with E-state index in [-0.39, 0.29) is 18.5 Å². The van der Waals surface area contributed by atoms with Crippen LogP contribution in [0.15, 0.2) is 0 Å². The minimum Gasteiger partial charge on any atom is -0.370 e. The maximum Gasteiger partial charge on any atom is 0.481 e. The Labute approximate surface area is 102 Å². The zero-order valence-corrected chi connectivity index (χ0v) is 11.0. The van der Waals surface area contributed by atoms with Crippen molar-refractivity contribution in [1.29, 1.82) is 10.8 Å². The van der Waals surface area contributed by atoms with Crippen molar-refractivity contribution in [3.8, 4) is 0 Å². The minimum atomic E-state index is -4.96. The molecule has 0 bridgehead atoms. The fourth-order valence-corrected chi connectivity index (χ4v) is 2.06. The summed E-state index contributed by atoms with van der Waals surface area (Å²) in [5, 5.41) is 15.0. The molecule has 0 saturated heterocycles. The van der Waals surface area contributed by atoms with E-state index in [1.807, 2.05) is 5.32 Å². The molecule has 0 aromatic rings. The molecule has 0 heterocycles. The molecule has 0 amide bonds. The van der Waals surface area contributed by atoms with Crippen LogP contribution in [-0.2, 0) is 18.0 Å². The first-order chi connectivity index (χ1) is 7.89. The number of hydrogen-bond donors (Lipinski definition) is 8. The maximum absolute atomic E-state index is 10.4. The van der Waals surface area contributed by atoms with Crippen molar-refractivity contribution in [1.82, 2.24) is 5.32 Å². The molecule has 0 aromatic carbocycles. The lowest BCUT2D eigenvalue weighted by atomic mass is 10.9. The van der Waals surface area contributed by atoms with Crippen molar-refractivity contribution < 1.29 is 32.6 Å². The average molecular weight is 307 g/mol. The Morgan fingerprint density at radius 1 is 1.22 bits per heavy atom. The summed E-state index contributed by atoms with van der Waals surface area (Å²) in [6.45, 7) is 1.21. The van der Waals surface area contributed by atoms with Crippen molar-refractivity contribution in [2.24, 2.45) is 11.5 Å². The van der Waals surface area contributed by atoms with Gasteiger partial charge in [0.05, 0.1) is 6.61 Å². The van der Waals surface area contributed by atoms with Crippen LogP contribution in [0.2, 0.25) is 0 Å². The molecule has 10 N–H and O–H groups in total. The van der Waals surface area contributed by atoms with Crippen LogP contribution in [0.25, 0.3) is 0 Å². The molecule has 18 heavy (non-hydrogen) atoms. The standard InChI is InChI=1S/C2H7N5.C2H8O7P2/c3-1(4)7-2(5)6;1-2-8-11(6,7)9-10(3,4)5/h(H7,3,4,5,6,7);2H2,1H3,(H,6,7)(H2,3,4,5). The molecule has 0 aliphatic carbocycles. The van der Waals surface area contributed by atoms with E-state index in [4.69, 9.17) is 37.0 Å². The summed E-state index contributed by atoms with van der Waals surface area (Å²) in [4.78, 5) is 24.6. The molecule has 0 aromatic heterocycles. The Morgan fingerprint density at radius 3 is 1.78 bits per heavy atom. The van der Waals surface area contributed by atoms with Gasteiger partial charge in [-0.1, -0.05) is 0 Å². The third-order valence-corrected chi connectivity index (χ3v) is 3.03. The highest BCUT2D eigenvalue weighted by atomic mass is 31.3. The Hall–Kier alpha value is -1.00. The Bertz CT molecular complexity index is 368. The average Bonchev–Trinajstić information content (AvgIpc) is 1.95. The van der Waals surface area contributed by atoms with Gasteiger partial charge in [-0.25, -0.2) is 9.13 Å². The molecule has 0 aliphatic rings. The molecular weight excluding hydrogens is 292 g/mol. The SMILES string of the molecule is CCOP(=O)(O)OP(=O)(O)O.N=C(N)NC(=N)N. The van der Waals surface area contributed by atoms with Crippen LogP contribution in [-0.4, -0.2) is 33.2 Å². The van der Waals surface area contributed by atoms with Crippen LogP contribution in [0.5, 0.6) is 0 Å². The van der Waals surface area contributed by atoms with E-state index >= 15 is 0 Å². The lowest BCUT2D eigenvalue weighted by Crippen LogP contribution is -2.39. The van der Waals surface area contributed by atoms with E-state index in [0.29, 0.717) is 0 Å². The summed E-state index contributed by atoms with van der Waals surface area (Å²) in [6.07, 6.45) is 0. The largest absolute Gasteiger partial charge is 0.481 e. The number of hydrogen-bond acceptors (Lipinski definition) is 6. The van der Waals surface area contributed by atoms with Crippen molar-refractivity contribution in [2.75, 3.05) is 6.61 Å². The van der Waals surface area contributed by atoms with Crippen LogP contribution >= 0.6 is 15.6 Å². The highest BCUT2D eigenvalue weighted by molar-refractivity contribution is 7.60. The number of nitrogens with two attached hydrogens (primary N) is 2. The van der Waals surface area contributed by atoms with Crippen LogP contribution in [0, 0.1) is 10.8 Å². The van der Waals surface area contributed by atoms with Crippen molar-refractivity contribution in [3.05, 3.63) is 0 Å². The smallest absolute Gasteiger partial charge is 0.370 e. The second-order valence-corrected chi connectivity index (χ2v) is 5.24. The molecule has 14 heteroatoms. The van der Waals surface area contributed by atoms with Crippen molar-refractivity contribution in [2.45, 2.75) is 6.92 Å². The maximum atomic E-state index is 10.4. The molecule has 1 unspecified atom stereocenters. The molecule has 0 rings (SSSR count). The third kappa shape index (κ3) is 17.4. The van der Waals surface area contributed by atoms with Gasteiger partial charge in [0.1, 0.15) is 0 Å². The fourth-order valence-electron chi connectivity index (χ4n) is 0.466. The lowest BCUT2D eigenvalue weighted by Gasteiger charge is -2.10. The second-order valence-electron chi connectivity index (χ2n) is 2.41. The highest BCUT2D eigenvalue weighted by Gasteiger charge is 2.31. The minimum absolute atomic E-state index is 0.173. The zero-order valence-electron chi connectivity index (χ0n) is 9.23. The zero-order chi connectivity index (χ0) is 15.0. The van der Waals surface area contributed by atoms with Gasteiger partial charge in [0, 0.05) is 0 Å². The van der Waals surface area contributed by atoms with E-state index in [0.717, 1.165) is 0 Å². The third-order valence-electron chi connectivity index (χ3n) is 0.771. The van der Waals surface area contributed by atoms with Gasteiger partial charge < -0.3 is 26.1 Å². The monoisotopic (exact) mass is 307 g/mol. The Morgan fingerprint density at radius 2 is 1.61 bits per heavy atom. The van der Waals surface area contributed by atoms with Crippen LogP contribution in [0.1, 0.15) is 6.92 Å². The Balaban J connectivity index is 0. The van der Waals surface area contributed by atoms with E-state index in [1.54, 1.807) is 0 Å². The number of guanidine groups is 2. The van der Waals surface area contributed by atoms with E-state index in [2.05, 4.69) is 8.83 Å². The molecule has 0 radical (unpaired) electrons. The first-order valence-electron chi connectivity index (χ1n) is 4.09. The summed E-state index contributed by atoms with van der Waals surface area (Å²) in [7, 11) is -9.53. The van der Waals surface area contributed by atoms with Crippen LogP contribution in [0.3, 0.4) is 0 Å². The summed E-state index contributed by atoms with van der Waals surface area (Å²) in [6, 6.07) is 0. The van der Waals surface area contributed by atoms with Crippen LogP contribution in [0.4, 0.5) is 0 Å². The number of phosphoric ester groups is 1. The molecule has 0 spiro atoms. The van der Waals surface area contributed by atoms with Gasteiger partial charge in [-0.2, -0.15) is 4.31 Å². The fraction of sp³-hybridized carbons (Fsp3) is 0.500. The van der Waals surface area contributed by atoms with Gasteiger partial charge in [0.25, 0.3) is 0 Å². The molecular formula is C4H15N5O7P2. The number of nitrogens with one attached hydrogen (secondary N) is 3. The first kappa shape index (κ1) is 19.3. The van der Waals surface area contributed by atoms with Gasteiger partial charge in [-0.3, -0.25) is 20.7 Å². The molecule has 1 atom stereocenters. The molecule has 12 nitrogen and oxygen atoms in total. The van der Waals surface area contributed by atoms with Crippen LogP contribution < -0.4 is 16.8 Å². The summed E-state index contributed by atoms with van der Waals surface area (Å²) in [5.41, 5.74) is 9.49. The molecule has 0 aliphatic heterocycles. The normalized spacial score (nSPS) is 13.8. The predicted octanol–water partition coefficient (Wildman–Crippen LogP) is -1.40. The highest BCUT2D eigenvalue weighted by Crippen LogP contribution is 2.57. The summed E-state index contributed by atoms with van der Waals surface area (Å²) >= 11 is 0. The number of phosphoric acid groups is 2. The number of rotatable bonds is 4. The van der Waals surface area contributed by atoms with E-state index in [1.165, 1.54) is 6.92 Å². The second kappa shape index (κ2) is 8.16. The van der Waals surface area contributed by atoms with E-state index in [9.17, 15) is 9.13 Å². The molecule has 0 fully saturated rings. The lowest BCUT2D eigenvalue weighted by molar-refractivity contribution is 0.185. The van der Waals surface area contributed by atoms with Crippen molar-refractivity contribution in [3.63, 3.8) is 0 Å². The quantitative estimate of drug-likeness (QED) is 0.172. The van der Waals surface area contributed by atoms with Gasteiger partial charge in [0.15, 0.2) is 11.9 Å². The summed E-state index contributed by atoms with van der Waals surface area (Å²) in [5.74, 6) is -0.625. The first-order valence-corrected chi connectivity index (χ1v) is 7.11. The van der Waals surface area contributed by atoms with Gasteiger partial charge >= 0.3 is 15.6 Å². The topological polar surface area (TPSA) is 225 Å². The van der Waals surface area contributed by atoms with Gasteiger partial charge in [-0.15, -0.1) is 0 Å². The summed E-state index contributed by atoms with van der Waals surface area (Å²) < 4.78 is 27.9. The molecule has 0 saturated carbocycles. The van der Waals surface area contributed by atoms with Gasteiger partial charge in [-0.05, 0) is 6.92 Å².